The van der Waals surface area contributed by atoms with Crippen molar-refractivity contribution in [3.8, 4) is 17.0 Å². The van der Waals surface area contributed by atoms with Crippen LogP contribution < -0.4 is 9.64 Å². The number of halogens is 2. The van der Waals surface area contributed by atoms with E-state index in [-0.39, 0.29) is 18.3 Å². The van der Waals surface area contributed by atoms with E-state index in [1.54, 1.807) is 0 Å². The van der Waals surface area contributed by atoms with Crippen LogP contribution in [0.15, 0.2) is 59.1 Å². The number of anilines is 1. The Morgan fingerprint density at radius 1 is 1.07 bits per heavy atom. The zero-order valence-electron chi connectivity index (χ0n) is 16.4. The molecule has 3 aromatic rings. The van der Waals surface area contributed by atoms with E-state index in [1.807, 2.05) is 35.2 Å². The third kappa shape index (κ3) is 4.99. The van der Waals surface area contributed by atoms with Crippen LogP contribution in [-0.2, 0) is 4.79 Å². The van der Waals surface area contributed by atoms with Gasteiger partial charge >= 0.3 is 0 Å². The monoisotopic (exact) mass is 472 g/mol. The second kappa shape index (κ2) is 9.30. The van der Waals surface area contributed by atoms with Gasteiger partial charge in [-0.15, -0.1) is 0 Å². The number of H-pyrrole nitrogens is 1. The lowest BCUT2D eigenvalue weighted by molar-refractivity contribution is -0.133. The molecule has 0 spiro atoms. The Morgan fingerprint density at radius 2 is 1.83 bits per heavy atom. The number of benzene rings is 2. The molecule has 1 N–H and O–H groups in total. The summed E-state index contributed by atoms with van der Waals surface area (Å²) in [4.78, 5) is 16.5. The number of nitrogens with zero attached hydrogens (tertiary/aromatic N) is 3. The molecule has 156 valence electrons. The van der Waals surface area contributed by atoms with Crippen molar-refractivity contribution >= 4 is 27.7 Å². The second-order valence-corrected chi connectivity index (χ2v) is 8.03. The quantitative estimate of drug-likeness (QED) is 0.607. The lowest BCUT2D eigenvalue weighted by Crippen LogP contribution is -2.38. The Balaban J connectivity index is 1.33. The summed E-state index contributed by atoms with van der Waals surface area (Å²) in [5.41, 5.74) is 2.03. The van der Waals surface area contributed by atoms with E-state index >= 15 is 0 Å². The van der Waals surface area contributed by atoms with Gasteiger partial charge in [0.15, 0.2) is 12.4 Å². The highest BCUT2D eigenvalue weighted by atomic mass is 79.9. The summed E-state index contributed by atoms with van der Waals surface area (Å²) in [5.74, 6) is 0.963. The third-order valence-corrected chi connectivity index (χ3v) is 5.60. The van der Waals surface area contributed by atoms with E-state index in [0.29, 0.717) is 25.4 Å². The van der Waals surface area contributed by atoms with Crippen molar-refractivity contribution in [2.45, 2.75) is 6.42 Å². The molecule has 0 radical (unpaired) electrons. The predicted molar refractivity (Wildman–Crippen MR) is 117 cm³/mol. The summed E-state index contributed by atoms with van der Waals surface area (Å²) in [6.07, 6.45) is 0.850. The summed E-state index contributed by atoms with van der Waals surface area (Å²) >= 11 is 3.45. The molecule has 0 aliphatic carbocycles. The average Bonchev–Trinajstić information content (AvgIpc) is 3.11. The summed E-state index contributed by atoms with van der Waals surface area (Å²) in [6.45, 7) is 2.75. The molecule has 0 atom stereocenters. The first kappa shape index (κ1) is 20.4. The van der Waals surface area contributed by atoms with Gasteiger partial charge in [0.1, 0.15) is 11.6 Å². The van der Waals surface area contributed by atoms with E-state index in [0.717, 1.165) is 34.5 Å². The van der Waals surface area contributed by atoms with Crippen LogP contribution in [0.2, 0.25) is 0 Å². The number of carbonyl (C=O) groups excluding carboxylic acids is 1. The number of carbonyl (C=O) groups is 1. The summed E-state index contributed by atoms with van der Waals surface area (Å²) in [5, 5.41) is 7.57. The molecule has 1 aliphatic heterocycles. The SMILES string of the molecule is O=C(COc1ccc(F)cc1)N1CCCN(c2cc(-c3ccc(Br)cc3)[nH]n2)CC1. The highest BCUT2D eigenvalue weighted by Gasteiger charge is 2.21. The zero-order valence-corrected chi connectivity index (χ0v) is 17.9. The number of nitrogens with one attached hydrogen (secondary N) is 1. The van der Waals surface area contributed by atoms with Crippen molar-refractivity contribution in [2.75, 3.05) is 37.7 Å². The van der Waals surface area contributed by atoms with Gasteiger partial charge in [0.2, 0.25) is 0 Å². The zero-order chi connectivity index (χ0) is 20.9. The molecule has 6 nitrogen and oxygen atoms in total. The van der Waals surface area contributed by atoms with Gasteiger partial charge in [0.05, 0.1) is 5.69 Å². The minimum absolute atomic E-state index is 0.0538. The van der Waals surface area contributed by atoms with Crippen molar-refractivity contribution < 1.29 is 13.9 Å². The standard InChI is InChI=1S/C22H22BrFN4O2/c23-17-4-2-16(3-5-17)20-14-21(26-25-20)27-10-1-11-28(13-12-27)22(29)15-30-19-8-6-18(24)7-9-19/h2-9,14H,1,10-13,15H2,(H,25,26). The van der Waals surface area contributed by atoms with Gasteiger partial charge < -0.3 is 14.5 Å². The van der Waals surface area contributed by atoms with Gasteiger partial charge in [-0.2, -0.15) is 5.10 Å². The van der Waals surface area contributed by atoms with Gasteiger partial charge in [-0.3, -0.25) is 9.89 Å². The molecule has 1 fully saturated rings. The Labute approximate surface area is 182 Å². The number of amides is 1. The molecule has 0 unspecified atom stereocenters. The van der Waals surface area contributed by atoms with Gasteiger partial charge in [-0.1, -0.05) is 28.1 Å². The van der Waals surface area contributed by atoms with Crippen LogP contribution in [0.5, 0.6) is 5.75 Å². The highest BCUT2D eigenvalue weighted by molar-refractivity contribution is 9.10. The average molecular weight is 473 g/mol. The van der Waals surface area contributed by atoms with E-state index in [4.69, 9.17) is 4.74 Å². The van der Waals surface area contributed by atoms with Crippen molar-refractivity contribution in [3.63, 3.8) is 0 Å². The lowest BCUT2D eigenvalue weighted by atomic mass is 10.1. The second-order valence-electron chi connectivity index (χ2n) is 7.11. The maximum atomic E-state index is 13.0. The minimum atomic E-state index is -0.331. The highest BCUT2D eigenvalue weighted by Crippen LogP contribution is 2.24. The van der Waals surface area contributed by atoms with Gasteiger partial charge in [0.25, 0.3) is 5.91 Å². The number of aromatic nitrogens is 2. The number of ether oxygens (including phenoxy) is 1. The third-order valence-electron chi connectivity index (χ3n) is 5.07. The molecule has 1 saturated heterocycles. The van der Waals surface area contributed by atoms with Crippen LogP contribution in [0.1, 0.15) is 6.42 Å². The Kier molecular flexibility index (Phi) is 6.32. The normalized spacial score (nSPS) is 14.5. The van der Waals surface area contributed by atoms with Crippen LogP contribution in [-0.4, -0.2) is 53.8 Å². The molecule has 1 amide bonds. The maximum Gasteiger partial charge on any atom is 0.260 e. The minimum Gasteiger partial charge on any atom is -0.484 e. The smallest absolute Gasteiger partial charge is 0.260 e. The Morgan fingerprint density at radius 3 is 2.60 bits per heavy atom. The molecule has 8 heteroatoms. The molecular weight excluding hydrogens is 451 g/mol. The van der Waals surface area contributed by atoms with Crippen LogP contribution >= 0.6 is 15.9 Å². The number of hydrogen-bond acceptors (Lipinski definition) is 4. The summed E-state index contributed by atoms with van der Waals surface area (Å²) in [7, 11) is 0. The van der Waals surface area contributed by atoms with Gasteiger partial charge in [-0.25, -0.2) is 4.39 Å². The molecule has 2 heterocycles. The fourth-order valence-corrected chi connectivity index (χ4v) is 3.68. The first-order valence-corrected chi connectivity index (χ1v) is 10.6. The topological polar surface area (TPSA) is 61.5 Å². The summed E-state index contributed by atoms with van der Waals surface area (Å²) < 4.78 is 19.5. The van der Waals surface area contributed by atoms with Crippen LogP contribution in [0.4, 0.5) is 10.2 Å². The molecular formula is C22H22BrFN4O2. The fraction of sp³-hybridized carbons (Fsp3) is 0.273. The van der Waals surface area contributed by atoms with Crippen molar-refractivity contribution in [3.05, 3.63) is 64.9 Å². The molecule has 0 bridgehead atoms. The first-order valence-electron chi connectivity index (χ1n) is 9.81. The molecule has 1 aliphatic rings. The van der Waals surface area contributed by atoms with Crippen LogP contribution in [0, 0.1) is 5.82 Å². The molecule has 1 aromatic heterocycles. The van der Waals surface area contributed by atoms with E-state index in [2.05, 4.69) is 31.0 Å². The van der Waals surface area contributed by atoms with E-state index < -0.39 is 0 Å². The number of hydrogen-bond donors (Lipinski definition) is 1. The molecule has 30 heavy (non-hydrogen) atoms. The molecule has 2 aromatic carbocycles. The molecule has 0 saturated carbocycles. The van der Waals surface area contributed by atoms with E-state index in [1.165, 1.54) is 24.3 Å². The number of rotatable bonds is 5. The van der Waals surface area contributed by atoms with Gasteiger partial charge in [0, 0.05) is 36.7 Å². The molecule has 4 rings (SSSR count). The van der Waals surface area contributed by atoms with Crippen molar-refractivity contribution in [1.82, 2.24) is 15.1 Å². The summed E-state index contributed by atoms with van der Waals surface area (Å²) in [6, 6.07) is 15.8. The predicted octanol–water partition coefficient (Wildman–Crippen LogP) is 4.10. The van der Waals surface area contributed by atoms with E-state index in [9.17, 15) is 9.18 Å². The largest absolute Gasteiger partial charge is 0.484 e. The Bertz CT molecular complexity index is 991. The first-order chi connectivity index (χ1) is 14.6. The maximum absolute atomic E-state index is 13.0. The van der Waals surface area contributed by atoms with Crippen LogP contribution in [0.3, 0.4) is 0 Å². The van der Waals surface area contributed by atoms with Crippen molar-refractivity contribution in [1.29, 1.82) is 0 Å². The lowest BCUT2D eigenvalue weighted by Gasteiger charge is -2.22. The Hall–Kier alpha value is -2.87. The van der Waals surface area contributed by atoms with Crippen LogP contribution in [0.25, 0.3) is 11.3 Å². The number of aromatic amines is 1. The van der Waals surface area contributed by atoms with Gasteiger partial charge in [-0.05, 0) is 48.4 Å². The fourth-order valence-electron chi connectivity index (χ4n) is 3.41. The van der Waals surface area contributed by atoms with Crippen molar-refractivity contribution in [2.24, 2.45) is 0 Å².